The molecule has 0 aromatic carbocycles. The summed E-state index contributed by atoms with van der Waals surface area (Å²) >= 11 is 0. The van der Waals surface area contributed by atoms with Crippen LogP contribution in [0.25, 0.3) is 0 Å². The second-order valence-corrected chi connectivity index (χ2v) is 16.4. The Labute approximate surface area is 479 Å². The van der Waals surface area contributed by atoms with E-state index in [4.69, 9.17) is 28.4 Å². The maximum atomic E-state index is 10.7. The van der Waals surface area contributed by atoms with Gasteiger partial charge in [-0.25, -0.2) is 0 Å². The molecule has 0 aliphatic rings. The van der Waals surface area contributed by atoms with Crippen LogP contribution in [0.4, 0.5) is 0 Å². The zero-order valence-electron chi connectivity index (χ0n) is 49.2. The van der Waals surface area contributed by atoms with E-state index < -0.39 is 0 Å². The predicted octanol–water partition coefficient (Wildman–Crippen LogP) is -9.25. The molecule has 0 unspecified atom stereocenters. The van der Waals surface area contributed by atoms with Crippen LogP contribution in [0.3, 0.4) is 0 Å². The quantitative estimate of drug-likeness (QED) is 0.0858. The molecule has 0 bridgehead atoms. The van der Waals surface area contributed by atoms with E-state index in [0.717, 1.165) is 0 Å². The Balaban J connectivity index is -0.0000000446. The molecule has 0 aliphatic carbocycles. The first-order valence-corrected chi connectivity index (χ1v) is 21.2. The third-order valence-electron chi connectivity index (χ3n) is 5.46. The van der Waals surface area contributed by atoms with Crippen molar-refractivity contribution in [1.29, 1.82) is 0 Å². The Bertz CT molecular complexity index is 984. The molecule has 66 heavy (non-hydrogen) atoms. The molecular formula is C48H92Li6O12. The molecule has 0 saturated heterocycles. The van der Waals surface area contributed by atoms with E-state index in [9.17, 15) is 30.6 Å². The minimum Gasteiger partial charge on any atom is -0.611 e. The van der Waals surface area contributed by atoms with Gasteiger partial charge in [-0.1, -0.05) is 156 Å². The van der Waals surface area contributed by atoms with Gasteiger partial charge in [0.05, 0.1) is 35.7 Å². The van der Waals surface area contributed by atoms with Gasteiger partial charge in [0.25, 0.3) is 0 Å². The molecule has 0 radical (unpaired) electrons. The maximum Gasteiger partial charge on any atom is 1.00 e. The first kappa shape index (κ1) is 99.0. The number of allylic oxidation sites excluding steroid dienone is 6. The molecule has 362 valence electrons. The van der Waals surface area contributed by atoms with E-state index in [-0.39, 0.29) is 185 Å². The van der Waals surface area contributed by atoms with Crippen molar-refractivity contribution in [3.63, 3.8) is 0 Å². The zero-order valence-corrected chi connectivity index (χ0v) is 49.2. The fourth-order valence-corrected chi connectivity index (χ4v) is 2.49. The monoisotopic (exact) mass is 903 g/mol. The Morgan fingerprint density at radius 1 is 0.258 bits per heavy atom. The molecule has 0 aliphatic heterocycles. The molecule has 18 heteroatoms. The minimum absolute atomic E-state index is 0. The fourth-order valence-electron chi connectivity index (χ4n) is 2.49. The SMILES string of the molecule is CC(C)=C([O-])OC(C)C.CC(C)=C([O-])OC(C)C.CC(C)=C([O-])OC(C)C.CC(C)=C([O-])OC(C)C.CC(C)=C([O-])OC(C)C.CC(C)=C([O-])OC(C)C.CCCCCC.[Li+].[Li+].[Li+].[Li+].[Li+].[Li+]. The summed E-state index contributed by atoms with van der Waals surface area (Å²) in [6.45, 7) is 47.4. The van der Waals surface area contributed by atoms with Crippen LogP contribution in [-0.2, 0) is 28.4 Å². The van der Waals surface area contributed by atoms with Crippen molar-refractivity contribution in [2.75, 3.05) is 0 Å². The van der Waals surface area contributed by atoms with Crippen LogP contribution in [0.2, 0.25) is 0 Å². The second-order valence-electron chi connectivity index (χ2n) is 16.4. The Morgan fingerprint density at radius 3 is 0.379 bits per heavy atom. The van der Waals surface area contributed by atoms with Crippen LogP contribution in [0.1, 0.15) is 206 Å². The third-order valence-corrected chi connectivity index (χ3v) is 5.46. The molecule has 0 saturated carbocycles. The second kappa shape index (κ2) is 64.6. The van der Waals surface area contributed by atoms with Gasteiger partial charge in [-0.15, -0.1) is 0 Å². The number of ether oxygens (including phenoxy) is 6. The molecule has 0 spiro atoms. The van der Waals surface area contributed by atoms with Crippen LogP contribution in [0.15, 0.2) is 69.1 Å². The summed E-state index contributed by atoms with van der Waals surface area (Å²) in [4.78, 5) is 0. The van der Waals surface area contributed by atoms with E-state index in [1.54, 1.807) is 83.1 Å². The largest absolute Gasteiger partial charge is 1.00 e. The topological polar surface area (TPSA) is 194 Å². The number of rotatable bonds is 15. The summed E-state index contributed by atoms with van der Waals surface area (Å²) in [7, 11) is 0. The molecule has 0 rings (SSSR count). The maximum absolute atomic E-state index is 10.7. The number of hydrogen-bond acceptors (Lipinski definition) is 12. The summed E-state index contributed by atoms with van der Waals surface area (Å²) in [6.07, 6.45) is 5.49. The van der Waals surface area contributed by atoms with Gasteiger partial charge in [0.1, 0.15) is 0 Å². The Hall–Kier alpha value is -0.376. The number of unbranched alkanes of at least 4 members (excludes halogenated alkanes) is 3. The first-order valence-electron chi connectivity index (χ1n) is 21.2. The van der Waals surface area contributed by atoms with Crippen LogP contribution >= 0.6 is 0 Å². The van der Waals surface area contributed by atoms with Gasteiger partial charge >= 0.3 is 113 Å². The van der Waals surface area contributed by atoms with E-state index in [2.05, 4.69) is 13.8 Å². The van der Waals surface area contributed by atoms with Gasteiger partial charge in [-0.2, -0.15) is 0 Å². The van der Waals surface area contributed by atoms with Gasteiger partial charge < -0.3 is 59.1 Å². The smallest absolute Gasteiger partial charge is 0.611 e. The molecule has 12 nitrogen and oxygen atoms in total. The van der Waals surface area contributed by atoms with Gasteiger partial charge in [0.2, 0.25) is 0 Å². The average Bonchev–Trinajstić information content (AvgIpc) is 3.07. The van der Waals surface area contributed by atoms with Crippen molar-refractivity contribution in [2.24, 2.45) is 0 Å². The van der Waals surface area contributed by atoms with E-state index in [1.165, 1.54) is 25.7 Å². The van der Waals surface area contributed by atoms with Crippen molar-refractivity contribution < 1.29 is 172 Å². The predicted molar refractivity (Wildman–Crippen MR) is 237 cm³/mol. The molecule has 0 atom stereocenters. The Morgan fingerprint density at radius 2 is 0.348 bits per heavy atom. The molecule has 0 N–H and O–H groups in total. The first-order chi connectivity index (χ1) is 27.1. The molecule has 0 aromatic rings. The number of hydrogen-bond donors (Lipinski definition) is 0. The van der Waals surface area contributed by atoms with E-state index in [1.807, 2.05) is 83.1 Å². The van der Waals surface area contributed by atoms with Gasteiger partial charge in [0, 0.05) is 0 Å². The summed E-state index contributed by atoms with van der Waals surface area (Å²) < 4.78 is 29.0. The van der Waals surface area contributed by atoms with Crippen molar-refractivity contribution >= 4 is 0 Å². The third kappa shape index (κ3) is 97.4. The van der Waals surface area contributed by atoms with Gasteiger partial charge in [-0.05, 0) is 120 Å². The summed E-state index contributed by atoms with van der Waals surface area (Å²) in [5.74, 6) is -1.22. The Kier molecular flexibility index (Phi) is 96.9. The molecule has 0 amide bonds. The summed E-state index contributed by atoms with van der Waals surface area (Å²) in [6, 6.07) is 0. The van der Waals surface area contributed by atoms with Crippen molar-refractivity contribution in [3.8, 4) is 0 Å². The zero-order chi connectivity index (χ0) is 49.5. The fraction of sp³-hybridized carbons (Fsp3) is 0.750. The van der Waals surface area contributed by atoms with Crippen molar-refractivity contribution in [3.05, 3.63) is 69.1 Å². The van der Waals surface area contributed by atoms with Gasteiger partial charge in [-0.3, -0.25) is 0 Å². The normalized spacial score (nSPS) is 8.55. The molecular weight excluding hydrogens is 810 g/mol. The van der Waals surface area contributed by atoms with Crippen molar-refractivity contribution in [1.82, 2.24) is 0 Å². The van der Waals surface area contributed by atoms with Crippen LogP contribution in [0, 0.1) is 0 Å². The van der Waals surface area contributed by atoms with E-state index in [0.29, 0.717) is 33.4 Å². The van der Waals surface area contributed by atoms with Crippen LogP contribution in [-0.4, -0.2) is 36.6 Å². The average molecular weight is 903 g/mol. The standard InChI is InChI=1S/6C7H14O2.C6H14.6Li/c6*1-5(2)7(8)9-6(3)4;1-3-5-6-4-2;;;;;;/h6*6,8H,1-4H3;3-6H2,1-2H3;;;;;;/q;;;;;;;6*+1/p-6. The molecule has 0 aromatic heterocycles. The van der Waals surface area contributed by atoms with Crippen LogP contribution < -0.4 is 144 Å². The van der Waals surface area contributed by atoms with Crippen LogP contribution in [0.5, 0.6) is 0 Å². The molecule has 0 fully saturated rings. The minimum atomic E-state index is -0.204. The van der Waals surface area contributed by atoms with Crippen molar-refractivity contribution in [2.45, 2.75) is 242 Å². The summed E-state index contributed by atoms with van der Waals surface area (Å²) in [5, 5.41) is 64.2. The molecule has 0 heterocycles. The van der Waals surface area contributed by atoms with E-state index >= 15 is 0 Å². The summed E-state index contributed by atoms with van der Waals surface area (Å²) in [5.41, 5.74) is 4.19. The van der Waals surface area contributed by atoms with Gasteiger partial charge in [0.15, 0.2) is 0 Å².